The number of nitrogens with zero attached hydrogens (tertiary/aromatic N) is 4. The molecule has 0 aliphatic carbocycles. The van der Waals surface area contributed by atoms with Crippen molar-refractivity contribution in [2.75, 3.05) is 13.1 Å². The molecule has 0 N–H and O–H groups in total. The van der Waals surface area contributed by atoms with Crippen LogP contribution in [0.2, 0.25) is 0 Å². The normalized spacial score (nSPS) is 14.7. The van der Waals surface area contributed by atoms with E-state index in [9.17, 15) is 9.59 Å². The third-order valence-electron chi connectivity index (χ3n) is 6.31. The summed E-state index contributed by atoms with van der Waals surface area (Å²) in [6.45, 7) is 1.56. The van der Waals surface area contributed by atoms with Crippen LogP contribution < -0.4 is 5.56 Å². The van der Waals surface area contributed by atoms with Crippen molar-refractivity contribution >= 4 is 11.4 Å². The lowest BCUT2D eigenvalue weighted by molar-refractivity contribution is -0.133. The van der Waals surface area contributed by atoms with Crippen LogP contribution in [-0.4, -0.2) is 38.1 Å². The van der Waals surface area contributed by atoms with Crippen LogP contribution in [0.5, 0.6) is 0 Å². The van der Waals surface area contributed by atoms with Gasteiger partial charge in [-0.3, -0.25) is 9.59 Å². The maximum atomic E-state index is 13.0. The van der Waals surface area contributed by atoms with E-state index in [2.05, 4.69) is 29.4 Å². The largest absolute Gasteiger partial charge is 0.341 e. The molecule has 0 spiro atoms. The highest BCUT2D eigenvalue weighted by molar-refractivity contribution is 5.76. The molecule has 1 amide bonds. The predicted molar refractivity (Wildman–Crippen MR) is 124 cm³/mol. The second-order valence-corrected chi connectivity index (χ2v) is 8.47. The first-order valence-corrected chi connectivity index (χ1v) is 11.1. The van der Waals surface area contributed by atoms with Gasteiger partial charge in [0.25, 0.3) is 5.56 Å². The molecular formula is C26H26N4O2. The van der Waals surface area contributed by atoms with Crippen molar-refractivity contribution in [1.29, 1.82) is 0 Å². The maximum absolute atomic E-state index is 13.0. The SMILES string of the molecule is O=C(Cn1ccn2nc(-c3ccccc3)cc2c1=O)N1CCC(Cc2ccccc2)CC1. The molecule has 1 aliphatic rings. The number of aromatic nitrogens is 3. The molecule has 0 unspecified atom stereocenters. The number of likely N-dealkylation sites (tertiary alicyclic amines) is 1. The van der Waals surface area contributed by atoms with Crippen molar-refractivity contribution in [2.24, 2.45) is 5.92 Å². The summed E-state index contributed by atoms with van der Waals surface area (Å²) in [5, 5.41) is 4.50. The van der Waals surface area contributed by atoms with Gasteiger partial charge >= 0.3 is 0 Å². The molecule has 3 heterocycles. The topological polar surface area (TPSA) is 59.6 Å². The van der Waals surface area contributed by atoms with Crippen LogP contribution in [0.4, 0.5) is 0 Å². The molecule has 4 aromatic rings. The van der Waals surface area contributed by atoms with E-state index in [-0.39, 0.29) is 18.0 Å². The number of amides is 1. The van der Waals surface area contributed by atoms with Gasteiger partial charge in [-0.25, -0.2) is 4.52 Å². The third kappa shape index (κ3) is 4.21. The Morgan fingerprint density at radius 2 is 1.62 bits per heavy atom. The number of carbonyl (C=O) groups is 1. The van der Waals surface area contributed by atoms with E-state index >= 15 is 0 Å². The highest BCUT2D eigenvalue weighted by atomic mass is 16.2. The van der Waals surface area contributed by atoms with Gasteiger partial charge in [0.05, 0.1) is 5.69 Å². The molecule has 1 saturated heterocycles. The number of carbonyl (C=O) groups excluding carboxylic acids is 1. The Balaban J connectivity index is 1.25. The molecule has 0 saturated carbocycles. The number of benzene rings is 2. The molecule has 6 nitrogen and oxygen atoms in total. The van der Waals surface area contributed by atoms with Crippen molar-refractivity contribution in [1.82, 2.24) is 19.1 Å². The molecule has 1 fully saturated rings. The lowest BCUT2D eigenvalue weighted by Gasteiger charge is -2.32. The van der Waals surface area contributed by atoms with Crippen LogP contribution in [0.25, 0.3) is 16.8 Å². The van der Waals surface area contributed by atoms with Gasteiger partial charge in [0.1, 0.15) is 12.1 Å². The van der Waals surface area contributed by atoms with Gasteiger partial charge in [0, 0.05) is 31.0 Å². The first kappa shape index (κ1) is 20.2. The summed E-state index contributed by atoms with van der Waals surface area (Å²) < 4.78 is 3.07. The molecule has 162 valence electrons. The summed E-state index contributed by atoms with van der Waals surface area (Å²) in [5.41, 5.74) is 3.33. The summed E-state index contributed by atoms with van der Waals surface area (Å²) in [6, 6.07) is 22.1. The van der Waals surface area contributed by atoms with Gasteiger partial charge in [-0.1, -0.05) is 60.7 Å². The molecule has 32 heavy (non-hydrogen) atoms. The highest BCUT2D eigenvalue weighted by Gasteiger charge is 2.23. The molecular weight excluding hydrogens is 400 g/mol. The third-order valence-corrected chi connectivity index (χ3v) is 6.31. The van der Waals surface area contributed by atoms with Gasteiger partial charge in [-0.15, -0.1) is 0 Å². The number of rotatable bonds is 5. The quantitative estimate of drug-likeness (QED) is 0.490. The molecule has 0 bridgehead atoms. The number of hydrogen-bond acceptors (Lipinski definition) is 3. The molecule has 0 atom stereocenters. The Morgan fingerprint density at radius 1 is 0.938 bits per heavy atom. The zero-order chi connectivity index (χ0) is 21.9. The second kappa shape index (κ2) is 8.83. The summed E-state index contributed by atoms with van der Waals surface area (Å²) in [7, 11) is 0. The first-order valence-electron chi connectivity index (χ1n) is 11.1. The van der Waals surface area contributed by atoms with Crippen molar-refractivity contribution in [3.8, 4) is 11.3 Å². The van der Waals surface area contributed by atoms with Crippen molar-refractivity contribution in [3.05, 3.63) is 95.0 Å². The van der Waals surface area contributed by atoms with E-state index < -0.39 is 0 Å². The molecule has 0 radical (unpaired) electrons. The summed E-state index contributed by atoms with van der Waals surface area (Å²) >= 11 is 0. The summed E-state index contributed by atoms with van der Waals surface area (Å²) in [5.74, 6) is 0.598. The maximum Gasteiger partial charge on any atom is 0.277 e. The summed E-state index contributed by atoms with van der Waals surface area (Å²) in [6.07, 6.45) is 6.44. The minimum Gasteiger partial charge on any atom is -0.341 e. The van der Waals surface area contributed by atoms with E-state index in [0.29, 0.717) is 11.4 Å². The van der Waals surface area contributed by atoms with Crippen LogP contribution in [0.3, 0.4) is 0 Å². The summed E-state index contributed by atoms with van der Waals surface area (Å²) in [4.78, 5) is 27.8. The molecule has 2 aromatic heterocycles. The van der Waals surface area contributed by atoms with E-state index in [0.717, 1.165) is 43.6 Å². The molecule has 6 heteroatoms. The number of piperidine rings is 1. The first-order chi connectivity index (χ1) is 15.7. The Kier molecular flexibility index (Phi) is 5.58. The molecule has 2 aromatic carbocycles. The minimum absolute atomic E-state index is 0.00240. The average molecular weight is 427 g/mol. The van der Waals surface area contributed by atoms with Crippen LogP contribution in [0.1, 0.15) is 18.4 Å². The van der Waals surface area contributed by atoms with Crippen molar-refractivity contribution < 1.29 is 4.79 Å². The zero-order valence-corrected chi connectivity index (χ0v) is 17.9. The van der Waals surface area contributed by atoms with Crippen LogP contribution in [0, 0.1) is 5.92 Å². The predicted octanol–water partition coefficient (Wildman–Crippen LogP) is 3.64. The standard InChI is InChI=1S/C26H26N4O2/c31-25(28-13-11-21(12-14-28)17-20-7-3-1-4-8-20)19-29-15-16-30-24(26(29)32)18-23(27-30)22-9-5-2-6-10-22/h1-10,15-16,18,21H,11-14,17,19H2. The second-order valence-electron chi connectivity index (χ2n) is 8.47. The number of hydrogen-bond donors (Lipinski definition) is 0. The smallest absolute Gasteiger partial charge is 0.277 e. The van der Waals surface area contributed by atoms with E-state index in [1.54, 1.807) is 23.0 Å². The van der Waals surface area contributed by atoms with Crippen LogP contribution in [-0.2, 0) is 17.8 Å². The van der Waals surface area contributed by atoms with Gasteiger partial charge in [0.2, 0.25) is 5.91 Å². The Labute approximate surface area is 186 Å². The molecule has 1 aliphatic heterocycles. The van der Waals surface area contributed by atoms with Gasteiger partial charge in [0.15, 0.2) is 0 Å². The fraction of sp³-hybridized carbons (Fsp3) is 0.269. The lowest BCUT2D eigenvalue weighted by atomic mass is 9.90. The Bertz CT molecular complexity index is 1270. The van der Waals surface area contributed by atoms with Crippen LogP contribution in [0.15, 0.2) is 83.9 Å². The Hall–Kier alpha value is -3.67. The van der Waals surface area contributed by atoms with Gasteiger partial charge in [-0.05, 0) is 36.8 Å². The fourth-order valence-corrected chi connectivity index (χ4v) is 4.48. The average Bonchev–Trinajstić information content (AvgIpc) is 3.28. The van der Waals surface area contributed by atoms with Crippen LogP contribution >= 0.6 is 0 Å². The fourth-order valence-electron chi connectivity index (χ4n) is 4.48. The van der Waals surface area contributed by atoms with Gasteiger partial charge in [-0.2, -0.15) is 5.10 Å². The monoisotopic (exact) mass is 426 g/mol. The van der Waals surface area contributed by atoms with Crippen molar-refractivity contribution in [3.63, 3.8) is 0 Å². The minimum atomic E-state index is -0.200. The van der Waals surface area contributed by atoms with E-state index in [1.807, 2.05) is 41.3 Å². The van der Waals surface area contributed by atoms with E-state index in [1.165, 1.54) is 10.1 Å². The number of fused-ring (bicyclic) bond motifs is 1. The lowest BCUT2D eigenvalue weighted by Crippen LogP contribution is -2.42. The van der Waals surface area contributed by atoms with Crippen molar-refractivity contribution in [2.45, 2.75) is 25.8 Å². The van der Waals surface area contributed by atoms with E-state index in [4.69, 9.17) is 0 Å². The Morgan fingerprint density at radius 3 is 2.34 bits per heavy atom. The van der Waals surface area contributed by atoms with Gasteiger partial charge < -0.3 is 9.47 Å². The molecule has 5 rings (SSSR count). The highest BCUT2D eigenvalue weighted by Crippen LogP contribution is 2.22. The zero-order valence-electron chi connectivity index (χ0n) is 17.9.